The average Bonchev–Trinajstić information content (AvgIpc) is 3.07. The van der Waals surface area contributed by atoms with E-state index in [9.17, 15) is 9.18 Å². The number of nitrogens with one attached hydrogen (secondary N) is 1. The molecule has 0 spiro atoms. The number of nitrogens with zero attached hydrogens (tertiary/aromatic N) is 3. The van der Waals surface area contributed by atoms with E-state index in [1.165, 1.54) is 12.3 Å². The summed E-state index contributed by atoms with van der Waals surface area (Å²) < 4.78 is 13.1. The second kappa shape index (κ2) is 6.96. The zero-order valence-electron chi connectivity index (χ0n) is 14.7. The molecule has 0 aliphatic carbocycles. The van der Waals surface area contributed by atoms with E-state index in [1.54, 1.807) is 6.07 Å². The molecule has 0 saturated carbocycles. The van der Waals surface area contributed by atoms with Crippen molar-refractivity contribution in [1.82, 2.24) is 15.2 Å². The lowest BCUT2D eigenvalue weighted by atomic mass is 9.99. The summed E-state index contributed by atoms with van der Waals surface area (Å²) in [6.07, 6.45) is 3.13. The number of likely N-dealkylation sites (tertiary alicyclic amines) is 1. The molecular formula is C20H21FN4O. The van der Waals surface area contributed by atoms with E-state index < -0.39 is 0 Å². The fourth-order valence-corrected chi connectivity index (χ4v) is 3.48. The third kappa shape index (κ3) is 3.37. The van der Waals surface area contributed by atoms with Gasteiger partial charge in [0, 0.05) is 17.2 Å². The molecule has 1 saturated heterocycles. The number of aromatic nitrogens is 1. The van der Waals surface area contributed by atoms with Gasteiger partial charge in [0.2, 0.25) is 0 Å². The molecule has 2 aromatic rings. The summed E-state index contributed by atoms with van der Waals surface area (Å²) in [6.45, 7) is 2.56. The second-order valence-electron chi connectivity index (χ2n) is 6.95. The molecule has 1 N–H and O–H groups in total. The highest BCUT2D eigenvalue weighted by molar-refractivity contribution is 6.15. The van der Waals surface area contributed by atoms with Gasteiger partial charge in [-0.1, -0.05) is 6.07 Å². The second-order valence-corrected chi connectivity index (χ2v) is 6.95. The first-order valence-corrected chi connectivity index (χ1v) is 8.89. The van der Waals surface area contributed by atoms with Crippen molar-refractivity contribution in [3.8, 4) is 0 Å². The van der Waals surface area contributed by atoms with E-state index in [2.05, 4.69) is 27.2 Å². The molecule has 4 rings (SSSR count). The highest BCUT2D eigenvalue weighted by Crippen LogP contribution is 2.24. The first-order valence-electron chi connectivity index (χ1n) is 8.89. The number of benzene rings is 1. The van der Waals surface area contributed by atoms with E-state index in [0.29, 0.717) is 23.5 Å². The molecule has 0 radical (unpaired) electrons. The Labute approximate surface area is 152 Å². The third-order valence-corrected chi connectivity index (χ3v) is 5.06. The number of carbonyl (C=O) groups excluding carboxylic acids is 1. The van der Waals surface area contributed by atoms with Crippen LogP contribution < -0.4 is 5.32 Å². The number of piperidine rings is 1. The van der Waals surface area contributed by atoms with Crippen LogP contribution >= 0.6 is 0 Å². The lowest BCUT2D eigenvalue weighted by Crippen LogP contribution is -2.43. The molecule has 134 valence electrons. The highest BCUT2D eigenvalue weighted by Gasteiger charge is 2.22. The molecule has 5 nitrogen and oxygen atoms in total. The predicted molar refractivity (Wildman–Crippen MR) is 98.0 cm³/mol. The minimum absolute atomic E-state index is 0.0549. The number of fused-ring (bicyclic) bond motifs is 1. The van der Waals surface area contributed by atoms with Crippen LogP contribution in [0.3, 0.4) is 0 Å². The van der Waals surface area contributed by atoms with Gasteiger partial charge in [-0.2, -0.15) is 0 Å². The Kier molecular flexibility index (Phi) is 4.51. The van der Waals surface area contributed by atoms with Crippen LogP contribution in [0, 0.1) is 5.82 Å². The summed E-state index contributed by atoms with van der Waals surface area (Å²) in [5, 5.41) is 3.14. The minimum atomic E-state index is -0.376. The van der Waals surface area contributed by atoms with Gasteiger partial charge in [-0.05, 0) is 62.8 Å². The molecule has 1 amide bonds. The van der Waals surface area contributed by atoms with Crippen molar-refractivity contribution in [2.24, 2.45) is 4.99 Å². The van der Waals surface area contributed by atoms with Crippen LogP contribution in [0.25, 0.3) is 0 Å². The van der Waals surface area contributed by atoms with Gasteiger partial charge in [-0.3, -0.25) is 14.8 Å². The quantitative estimate of drug-likeness (QED) is 0.923. The maximum atomic E-state index is 13.1. The van der Waals surface area contributed by atoms with E-state index in [-0.39, 0.29) is 17.8 Å². The lowest BCUT2D eigenvalue weighted by molar-refractivity contribution is 0.0917. The van der Waals surface area contributed by atoms with E-state index in [1.807, 2.05) is 18.2 Å². The normalized spacial score (nSPS) is 17.7. The number of amides is 1. The molecule has 1 aromatic heterocycles. The van der Waals surface area contributed by atoms with Crippen molar-refractivity contribution in [3.05, 3.63) is 64.7 Å². The maximum absolute atomic E-state index is 13.1. The van der Waals surface area contributed by atoms with Gasteiger partial charge in [-0.25, -0.2) is 4.39 Å². The number of aliphatic imine (C=N–C) groups is 1. The van der Waals surface area contributed by atoms with Crippen LogP contribution in [0.15, 0.2) is 41.5 Å². The Hall–Kier alpha value is -2.60. The van der Waals surface area contributed by atoms with E-state index in [4.69, 9.17) is 0 Å². The van der Waals surface area contributed by atoms with Gasteiger partial charge in [0.1, 0.15) is 5.82 Å². The zero-order valence-corrected chi connectivity index (χ0v) is 14.7. The largest absolute Gasteiger partial charge is 0.349 e. The summed E-state index contributed by atoms with van der Waals surface area (Å²) in [6, 6.07) is 8.88. The molecule has 3 heterocycles. The van der Waals surface area contributed by atoms with Gasteiger partial charge in [0.25, 0.3) is 5.91 Å². The molecule has 0 bridgehead atoms. The zero-order chi connectivity index (χ0) is 18.1. The number of halogens is 1. The summed E-state index contributed by atoms with van der Waals surface area (Å²) in [4.78, 5) is 23.6. The summed E-state index contributed by atoms with van der Waals surface area (Å²) >= 11 is 0. The number of hydrogen-bond donors (Lipinski definition) is 1. The Morgan fingerprint density at radius 1 is 1.23 bits per heavy atom. The van der Waals surface area contributed by atoms with E-state index >= 15 is 0 Å². The minimum Gasteiger partial charge on any atom is -0.349 e. The Balaban J connectivity index is 1.53. The summed E-state index contributed by atoms with van der Waals surface area (Å²) in [7, 11) is 2.10. The standard InChI is InChI=1S/C20H21FN4O/c1-25-8-6-16(7-9-25)24-20(26)13-2-3-14-11-23-19(17(14)10-13)18-5-4-15(21)12-22-18/h2-5,10,12,16H,6-9,11H2,1H3,(H,24,26). The topological polar surface area (TPSA) is 57.6 Å². The predicted octanol–water partition coefficient (Wildman–Crippen LogP) is 2.40. The maximum Gasteiger partial charge on any atom is 0.251 e. The SMILES string of the molecule is CN1CCC(NC(=O)c2ccc3c(c2)C(c2ccc(F)cn2)=NC3)CC1. The third-order valence-electron chi connectivity index (χ3n) is 5.06. The Morgan fingerprint density at radius 3 is 2.77 bits per heavy atom. The Morgan fingerprint density at radius 2 is 2.04 bits per heavy atom. The number of pyridine rings is 1. The molecule has 1 fully saturated rings. The van der Waals surface area contributed by atoms with Gasteiger partial charge in [-0.15, -0.1) is 0 Å². The molecular weight excluding hydrogens is 331 g/mol. The lowest BCUT2D eigenvalue weighted by Gasteiger charge is -2.29. The van der Waals surface area contributed by atoms with Gasteiger partial charge >= 0.3 is 0 Å². The number of hydrogen-bond acceptors (Lipinski definition) is 4. The first kappa shape index (κ1) is 16.8. The van der Waals surface area contributed by atoms with Crippen LogP contribution in [0.5, 0.6) is 0 Å². The van der Waals surface area contributed by atoms with Crippen LogP contribution in [-0.4, -0.2) is 47.7 Å². The Bertz CT molecular complexity index is 855. The summed E-state index contributed by atoms with van der Waals surface area (Å²) in [5.74, 6) is -0.431. The van der Waals surface area contributed by atoms with Crippen molar-refractivity contribution >= 4 is 11.6 Å². The molecule has 26 heavy (non-hydrogen) atoms. The number of rotatable bonds is 3. The van der Waals surface area contributed by atoms with Crippen LogP contribution in [0.4, 0.5) is 4.39 Å². The van der Waals surface area contributed by atoms with Crippen molar-refractivity contribution in [3.63, 3.8) is 0 Å². The van der Waals surface area contributed by atoms with Crippen LogP contribution in [0.2, 0.25) is 0 Å². The van der Waals surface area contributed by atoms with Gasteiger partial charge in [0.05, 0.1) is 24.1 Å². The molecule has 6 heteroatoms. The number of carbonyl (C=O) groups is 1. The monoisotopic (exact) mass is 352 g/mol. The van der Waals surface area contributed by atoms with Gasteiger partial charge in [0.15, 0.2) is 0 Å². The molecule has 2 aliphatic rings. The molecule has 2 aliphatic heterocycles. The van der Waals surface area contributed by atoms with Crippen molar-refractivity contribution in [2.45, 2.75) is 25.4 Å². The fraction of sp³-hybridized carbons (Fsp3) is 0.350. The van der Waals surface area contributed by atoms with Crippen molar-refractivity contribution in [1.29, 1.82) is 0 Å². The fourth-order valence-electron chi connectivity index (χ4n) is 3.48. The van der Waals surface area contributed by atoms with Crippen LogP contribution in [0.1, 0.15) is 40.0 Å². The molecule has 0 unspecified atom stereocenters. The van der Waals surface area contributed by atoms with Crippen LogP contribution in [-0.2, 0) is 6.54 Å². The molecule has 0 atom stereocenters. The van der Waals surface area contributed by atoms with Crippen molar-refractivity contribution < 1.29 is 9.18 Å². The smallest absolute Gasteiger partial charge is 0.251 e. The first-order chi connectivity index (χ1) is 12.6. The van der Waals surface area contributed by atoms with Crippen molar-refractivity contribution in [2.75, 3.05) is 20.1 Å². The average molecular weight is 352 g/mol. The summed E-state index contributed by atoms with van der Waals surface area (Å²) in [5.41, 5.74) is 3.92. The highest BCUT2D eigenvalue weighted by atomic mass is 19.1. The van der Waals surface area contributed by atoms with E-state index in [0.717, 1.165) is 37.1 Å². The molecule has 1 aromatic carbocycles. The van der Waals surface area contributed by atoms with Gasteiger partial charge < -0.3 is 10.2 Å².